The SMILES string of the molecule is Nc1ccc(COc2c(Br)cccc2Br)cc1F. The Bertz CT molecular complexity index is 555. The maximum atomic E-state index is 13.3. The van der Waals surface area contributed by atoms with E-state index in [2.05, 4.69) is 31.9 Å². The number of rotatable bonds is 3. The van der Waals surface area contributed by atoms with Crippen LogP contribution in [0.1, 0.15) is 5.56 Å². The van der Waals surface area contributed by atoms with Gasteiger partial charge in [-0.15, -0.1) is 0 Å². The molecule has 0 saturated carbocycles. The number of anilines is 1. The number of nitrogens with two attached hydrogens (primary N) is 1. The fraction of sp³-hybridized carbons (Fsp3) is 0.0769. The van der Waals surface area contributed by atoms with Crippen LogP contribution in [0.25, 0.3) is 0 Å². The molecule has 0 aliphatic heterocycles. The molecule has 2 nitrogen and oxygen atoms in total. The van der Waals surface area contributed by atoms with Crippen molar-refractivity contribution in [1.29, 1.82) is 0 Å². The molecule has 0 aliphatic carbocycles. The molecule has 0 atom stereocenters. The largest absolute Gasteiger partial charge is 0.487 e. The van der Waals surface area contributed by atoms with Gasteiger partial charge in [-0.05, 0) is 61.7 Å². The van der Waals surface area contributed by atoms with Gasteiger partial charge >= 0.3 is 0 Å². The topological polar surface area (TPSA) is 35.2 Å². The van der Waals surface area contributed by atoms with Crippen LogP contribution in [0.2, 0.25) is 0 Å². The summed E-state index contributed by atoms with van der Waals surface area (Å²) in [6.07, 6.45) is 0. The molecule has 0 fully saturated rings. The Balaban J connectivity index is 2.14. The third kappa shape index (κ3) is 3.03. The van der Waals surface area contributed by atoms with Crippen LogP contribution in [0.5, 0.6) is 5.75 Å². The van der Waals surface area contributed by atoms with Gasteiger partial charge in [-0.25, -0.2) is 4.39 Å². The normalized spacial score (nSPS) is 10.4. The van der Waals surface area contributed by atoms with Crippen LogP contribution in [0, 0.1) is 5.82 Å². The molecule has 0 aliphatic rings. The zero-order valence-corrected chi connectivity index (χ0v) is 12.5. The third-order valence-corrected chi connectivity index (χ3v) is 3.62. The number of hydrogen-bond donors (Lipinski definition) is 1. The fourth-order valence-corrected chi connectivity index (χ4v) is 2.66. The predicted octanol–water partition coefficient (Wildman–Crippen LogP) is 4.51. The minimum Gasteiger partial charge on any atom is -0.487 e. The molecule has 94 valence electrons. The highest BCUT2D eigenvalue weighted by Gasteiger charge is 2.07. The van der Waals surface area contributed by atoms with E-state index in [1.807, 2.05) is 18.2 Å². The molecule has 0 amide bonds. The van der Waals surface area contributed by atoms with Gasteiger partial charge in [0.25, 0.3) is 0 Å². The Labute approximate surface area is 121 Å². The van der Waals surface area contributed by atoms with Gasteiger partial charge in [0.1, 0.15) is 18.2 Å². The van der Waals surface area contributed by atoms with Crippen LogP contribution in [-0.2, 0) is 6.61 Å². The van der Waals surface area contributed by atoms with Crippen molar-refractivity contribution in [2.75, 3.05) is 5.73 Å². The Morgan fingerprint density at radius 2 is 1.78 bits per heavy atom. The summed E-state index contributed by atoms with van der Waals surface area (Å²) in [6, 6.07) is 10.3. The number of hydrogen-bond acceptors (Lipinski definition) is 2. The van der Waals surface area contributed by atoms with Crippen molar-refractivity contribution < 1.29 is 9.13 Å². The number of benzene rings is 2. The Morgan fingerprint density at radius 1 is 1.11 bits per heavy atom. The summed E-state index contributed by atoms with van der Waals surface area (Å²) in [5.41, 5.74) is 6.28. The van der Waals surface area contributed by atoms with E-state index in [1.165, 1.54) is 12.1 Å². The second-order valence-corrected chi connectivity index (χ2v) is 5.40. The lowest BCUT2D eigenvalue weighted by molar-refractivity contribution is 0.301. The van der Waals surface area contributed by atoms with Crippen LogP contribution in [0.15, 0.2) is 45.3 Å². The molecule has 0 spiro atoms. The van der Waals surface area contributed by atoms with Gasteiger partial charge in [0.05, 0.1) is 14.6 Å². The molecule has 2 aromatic rings. The highest BCUT2D eigenvalue weighted by atomic mass is 79.9. The molecule has 5 heteroatoms. The monoisotopic (exact) mass is 373 g/mol. The molecule has 0 saturated heterocycles. The van der Waals surface area contributed by atoms with Gasteiger partial charge in [-0.2, -0.15) is 0 Å². The highest BCUT2D eigenvalue weighted by molar-refractivity contribution is 9.11. The number of para-hydroxylation sites is 1. The maximum absolute atomic E-state index is 13.3. The Morgan fingerprint density at radius 3 is 2.39 bits per heavy atom. The highest BCUT2D eigenvalue weighted by Crippen LogP contribution is 2.33. The first-order valence-electron chi connectivity index (χ1n) is 5.18. The van der Waals surface area contributed by atoms with E-state index in [0.717, 1.165) is 14.5 Å². The van der Waals surface area contributed by atoms with Gasteiger partial charge in [0, 0.05) is 0 Å². The summed E-state index contributed by atoms with van der Waals surface area (Å²) < 4.78 is 20.6. The summed E-state index contributed by atoms with van der Waals surface area (Å²) in [4.78, 5) is 0. The van der Waals surface area contributed by atoms with E-state index in [4.69, 9.17) is 10.5 Å². The number of halogens is 3. The van der Waals surface area contributed by atoms with Crippen molar-refractivity contribution in [3.8, 4) is 5.75 Å². The average Bonchev–Trinajstić information content (AvgIpc) is 2.33. The molecule has 0 heterocycles. The summed E-state index contributed by atoms with van der Waals surface area (Å²) in [7, 11) is 0. The van der Waals surface area contributed by atoms with Gasteiger partial charge in [-0.3, -0.25) is 0 Å². The van der Waals surface area contributed by atoms with Crippen molar-refractivity contribution in [2.45, 2.75) is 6.61 Å². The molecule has 2 N–H and O–H groups in total. The molecule has 18 heavy (non-hydrogen) atoms. The molecule has 0 aromatic heterocycles. The van der Waals surface area contributed by atoms with Crippen LogP contribution in [0.3, 0.4) is 0 Å². The van der Waals surface area contributed by atoms with Crippen molar-refractivity contribution in [2.24, 2.45) is 0 Å². The lowest BCUT2D eigenvalue weighted by Gasteiger charge is -2.10. The summed E-state index contributed by atoms with van der Waals surface area (Å²) >= 11 is 6.80. The first kappa shape index (κ1) is 13.4. The molecule has 2 rings (SSSR count). The molecular weight excluding hydrogens is 365 g/mol. The van der Waals surface area contributed by atoms with Crippen molar-refractivity contribution in [3.05, 3.63) is 56.7 Å². The van der Waals surface area contributed by atoms with E-state index < -0.39 is 5.82 Å². The third-order valence-electron chi connectivity index (χ3n) is 2.37. The molecule has 0 unspecified atom stereocenters. The predicted molar refractivity (Wildman–Crippen MR) is 77.0 cm³/mol. The first-order chi connectivity index (χ1) is 8.58. The minimum atomic E-state index is -0.428. The lowest BCUT2D eigenvalue weighted by Crippen LogP contribution is -1.99. The second-order valence-electron chi connectivity index (χ2n) is 3.70. The standard InChI is InChI=1S/C13H10Br2FNO/c14-9-2-1-3-10(15)13(9)18-7-8-4-5-12(17)11(16)6-8/h1-6H,7,17H2. The summed E-state index contributed by atoms with van der Waals surface area (Å²) in [5, 5.41) is 0. The molecule has 0 radical (unpaired) electrons. The molecule has 0 bridgehead atoms. The van der Waals surface area contributed by atoms with E-state index in [1.54, 1.807) is 6.07 Å². The zero-order chi connectivity index (χ0) is 13.1. The van der Waals surface area contributed by atoms with Crippen LogP contribution >= 0.6 is 31.9 Å². The first-order valence-corrected chi connectivity index (χ1v) is 6.77. The van der Waals surface area contributed by atoms with Crippen molar-refractivity contribution in [1.82, 2.24) is 0 Å². The van der Waals surface area contributed by atoms with Gasteiger partial charge < -0.3 is 10.5 Å². The van der Waals surface area contributed by atoms with E-state index in [-0.39, 0.29) is 12.3 Å². The van der Waals surface area contributed by atoms with E-state index in [9.17, 15) is 4.39 Å². The van der Waals surface area contributed by atoms with E-state index in [0.29, 0.717) is 5.75 Å². The minimum absolute atomic E-state index is 0.140. The fourth-order valence-electron chi connectivity index (χ4n) is 1.44. The molecule has 2 aromatic carbocycles. The van der Waals surface area contributed by atoms with Gasteiger partial charge in [0.15, 0.2) is 0 Å². The average molecular weight is 375 g/mol. The second kappa shape index (κ2) is 5.71. The smallest absolute Gasteiger partial charge is 0.148 e. The quantitative estimate of drug-likeness (QED) is 0.802. The summed E-state index contributed by atoms with van der Waals surface area (Å²) in [5.74, 6) is 0.261. The van der Waals surface area contributed by atoms with Gasteiger partial charge in [-0.1, -0.05) is 12.1 Å². The van der Waals surface area contributed by atoms with Crippen LogP contribution < -0.4 is 10.5 Å². The zero-order valence-electron chi connectivity index (χ0n) is 9.29. The molecular formula is C13H10Br2FNO. The Hall–Kier alpha value is -1.07. The van der Waals surface area contributed by atoms with Crippen LogP contribution in [-0.4, -0.2) is 0 Å². The summed E-state index contributed by atoms with van der Waals surface area (Å²) in [6.45, 7) is 0.276. The Kier molecular flexibility index (Phi) is 4.24. The maximum Gasteiger partial charge on any atom is 0.148 e. The van der Waals surface area contributed by atoms with E-state index >= 15 is 0 Å². The van der Waals surface area contributed by atoms with Crippen LogP contribution in [0.4, 0.5) is 10.1 Å². The van der Waals surface area contributed by atoms with Crippen molar-refractivity contribution in [3.63, 3.8) is 0 Å². The lowest BCUT2D eigenvalue weighted by atomic mass is 10.2. The number of ether oxygens (including phenoxy) is 1. The number of nitrogen functional groups attached to an aromatic ring is 1. The van der Waals surface area contributed by atoms with Crippen molar-refractivity contribution >= 4 is 37.5 Å². The van der Waals surface area contributed by atoms with Gasteiger partial charge in [0.2, 0.25) is 0 Å².